The minimum atomic E-state index is -0.456. The zero-order chi connectivity index (χ0) is 18.2. The molecule has 25 heavy (non-hydrogen) atoms. The molecule has 1 amide bonds. The molecule has 0 aliphatic carbocycles. The quantitative estimate of drug-likeness (QED) is 0.253. The Labute approximate surface area is 168 Å². The first-order chi connectivity index (χ1) is 12.0. The first-order valence-corrected chi connectivity index (χ1v) is 9.12. The molecule has 2 aromatic carbocycles. The Balaban J connectivity index is 2.19. The van der Waals surface area contributed by atoms with E-state index in [1.54, 1.807) is 42.5 Å². The Bertz CT molecular complexity index is 872. The summed E-state index contributed by atoms with van der Waals surface area (Å²) in [6.45, 7) is 4.03. The van der Waals surface area contributed by atoms with Crippen LogP contribution in [-0.4, -0.2) is 12.5 Å². The molecule has 0 radical (unpaired) electrons. The molecular formula is C19H14BrIN2O2. The van der Waals surface area contributed by atoms with Crippen molar-refractivity contribution in [1.82, 2.24) is 0 Å². The Hall–Kier alpha value is -2.11. The summed E-state index contributed by atoms with van der Waals surface area (Å²) in [7, 11) is 0. The van der Waals surface area contributed by atoms with E-state index in [1.807, 2.05) is 18.2 Å². The number of halogens is 2. The predicted molar refractivity (Wildman–Crippen MR) is 111 cm³/mol. The largest absolute Gasteiger partial charge is 0.488 e. The number of rotatable bonds is 6. The van der Waals surface area contributed by atoms with Crippen molar-refractivity contribution in [1.29, 1.82) is 5.26 Å². The fraction of sp³-hybridized carbons (Fsp3) is 0.0526. The summed E-state index contributed by atoms with van der Waals surface area (Å²) in [6, 6.07) is 14.6. The van der Waals surface area contributed by atoms with Crippen LogP contribution in [0.4, 0.5) is 5.69 Å². The second-order valence-electron chi connectivity index (χ2n) is 4.92. The molecule has 0 aliphatic heterocycles. The molecule has 0 saturated heterocycles. The highest BCUT2D eigenvalue weighted by atomic mass is 127. The smallest absolute Gasteiger partial charge is 0.266 e. The fourth-order valence-electron chi connectivity index (χ4n) is 1.95. The summed E-state index contributed by atoms with van der Waals surface area (Å²) in [4.78, 5) is 12.3. The summed E-state index contributed by atoms with van der Waals surface area (Å²) in [5.41, 5.74) is 1.38. The molecule has 0 aliphatic rings. The van der Waals surface area contributed by atoms with Crippen LogP contribution in [0.2, 0.25) is 0 Å². The van der Waals surface area contributed by atoms with Gasteiger partial charge in [0.05, 0.1) is 3.57 Å². The van der Waals surface area contributed by atoms with Gasteiger partial charge in [0.15, 0.2) is 0 Å². The number of hydrogen-bond donors (Lipinski definition) is 1. The van der Waals surface area contributed by atoms with Gasteiger partial charge in [0.25, 0.3) is 5.91 Å². The average Bonchev–Trinajstić information content (AvgIpc) is 2.58. The van der Waals surface area contributed by atoms with Crippen LogP contribution >= 0.6 is 38.5 Å². The minimum absolute atomic E-state index is 0.0236. The van der Waals surface area contributed by atoms with Crippen molar-refractivity contribution in [3.63, 3.8) is 0 Å². The maximum Gasteiger partial charge on any atom is 0.266 e. The van der Waals surface area contributed by atoms with Gasteiger partial charge < -0.3 is 10.1 Å². The van der Waals surface area contributed by atoms with Crippen molar-refractivity contribution < 1.29 is 9.53 Å². The van der Waals surface area contributed by atoms with E-state index in [1.165, 1.54) is 0 Å². The van der Waals surface area contributed by atoms with Gasteiger partial charge in [0, 0.05) is 10.2 Å². The molecule has 0 atom stereocenters. The Morgan fingerprint density at radius 2 is 2.16 bits per heavy atom. The molecule has 0 fully saturated rings. The van der Waals surface area contributed by atoms with Gasteiger partial charge in [-0.2, -0.15) is 5.26 Å². The maximum atomic E-state index is 12.3. The molecule has 0 bridgehead atoms. The lowest BCUT2D eigenvalue weighted by molar-refractivity contribution is -0.112. The molecule has 126 valence electrons. The second-order valence-corrected chi connectivity index (χ2v) is 7.00. The molecule has 2 rings (SSSR count). The lowest BCUT2D eigenvalue weighted by Gasteiger charge is -2.07. The Kier molecular flexibility index (Phi) is 7.22. The molecule has 2 aromatic rings. The van der Waals surface area contributed by atoms with E-state index in [2.05, 4.69) is 50.4 Å². The van der Waals surface area contributed by atoms with E-state index in [0.717, 1.165) is 19.4 Å². The normalized spacial score (nSPS) is 10.7. The number of nitrogens with one attached hydrogen (secondary N) is 1. The van der Waals surface area contributed by atoms with E-state index in [0.29, 0.717) is 12.3 Å². The van der Waals surface area contributed by atoms with E-state index in [9.17, 15) is 10.1 Å². The van der Waals surface area contributed by atoms with Gasteiger partial charge in [-0.05, 0) is 64.6 Å². The lowest BCUT2D eigenvalue weighted by atomic mass is 10.1. The summed E-state index contributed by atoms with van der Waals surface area (Å²) in [5, 5.41) is 12.0. The van der Waals surface area contributed by atoms with E-state index in [4.69, 9.17) is 4.74 Å². The molecule has 0 spiro atoms. The molecule has 0 aromatic heterocycles. The molecular weight excluding hydrogens is 495 g/mol. The van der Waals surface area contributed by atoms with Crippen LogP contribution in [0.1, 0.15) is 5.56 Å². The Morgan fingerprint density at radius 3 is 2.80 bits per heavy atom. The fourth-order valence-corrected chi connectivity index (χ4v) is 3.05. The van der Waals surface area contributed by atoms with Crippen molar-refractivity contribution in [2.24, 2.45) is 0 Å². The van der Waals surface area contributed by atoms with Crippen LogP contribution in [0.5, 0.6) is 5.75 Å². The van der Waals surface area contributed by atoms with Gasteiger partial charge in [-0.3, -0.25) is 4.79 Å². The third-order valence-electron chi connectivity index (χ3n) is 3.07. The zero-order valence-corrected chi connectivity index (χ0v) is 16.9. The van der Waals surface area contributed by atoms with E-state index < -0.39 is 5.91 Å². The zero-order valence-electron chi connectivity index (χ0n) is 13.1. The maximum absolute atomic E-state index is 12.3. The van der Waals surface area contributed by atoms with Gasteiger partial charge in [-0.15, -0.1) is 0 Å². The van der Waals surface area contributed by atoms with Crippen molar-refractivity contribution in [2.45, 2.75) is 0 Å². The summed E-state index contributed by atoms with van der Waals surface area (Å²) < 4.78 is 7.25. The van der Waals surface area contributed by atoms with Crippen molar-refractivity contribution in [3.05, 3.63) is 74.3 Å². The highest BCUT2D eigenvalue weighted by Gasteiger charge is 2.10. The predicted octanol–water partition coefficient (Wildman–Crippen LogP) is 5.16. The SMILES string of the molecule is C=CCOc1ccc(/C=C(/C#N)C(=O)Nc2cccc(Br)c2)cc1I. The van der Waals surface area contributed by atoms with E-state index in [-0.39, 0.29) is 5.57 Å². The van der Waals surface area contributed by atoms with Crippen molar-refractivity contribution in [2.75, 3.05) is 11.9 Å². The van der Waals surface area contributed by atoms with Gasteiger partial charge >= 0.3 is 0 Å². The van der Waals surface area contributed by atoms with Crippen LogP contribution in [0.15, 0.2) is 65.2 Å². The second kappa shape index (κ2) is 9.39. The number of nitrogens with zero attached hydrogens (tertiary/aromatic N) is 1. The molecule has 4 nitrogen and oxygen atoms in total. The van der Waals surface area contributed by atoms with Crippen LogP contribution in [0, 0.1) is 14.9 Å². The van der Waals surface area contributed by atoms with Gasteiger partial charge in [0.1, 0.15) is 24.0 Å². The molecule has 1 N–H and O–H groups in total. The number of benzene rings is 2. The van der Waals surface area contributed by atoms with Gasteiger partial charge in [-0.1, -0.05) is 40.7 Å². The third kappa shape index (κ3) is 5.73. The first-order valence-electron chi connectivity index (χ1n) is 7.25. The average molecular weight is 509 g/mol. The van der Waals surface area contributed by atoms with Crippen LogP contribution in [0.25, 0.3) is 6.08 Å². The Morgan fingerprint density at radius 1 is 1.36 bits per heavy atom. The number of nitriles is 1. The summed E-state index contributed by atoms with van der Waals surface area (Å²) >= 11 is 5.49. The monoisotopic (exact) mass is 508 g/mol. The van der Waals surface area contributed by atoms with E-state index >= 15 is 0 Å². The highest BCUT2D eigenvalue weighted by molar-refractivity contribution is 14.1. The van der Waals surface area contributed by atoms with Gasteiger partial charge in [0.2, 0.25) is 0 Å². The highest BCUT2D eigenvalue weighted by Crippen LogP contribution is 2.23. The number of carbonyl (C=O) groups excluding carboxylic acids is 1. The minimum Gasteiger partial charge on any atom is -0.488 e. The molecule has 0 heterocycles. The van der Waals surface area contributed by atoms with Crippen molar-refractivity contribution >= 4 is 56.2 Å². The first kappa shape index (κ1) is 19.2. The number of hydrogen-bond acceptors (Lipinski definition) is 3. The summed E-state index contributed by atoms with van der Waals surface area (Å²) in [5.74, 6) is 0.275. The third-order valence-corrected chi connectivity index (χ3v) is 4.41. The topological polar surface area (TPSA) is 62.1 Å². The lowest BCUT2D eigenvalue weighted by Crippen LogP contribution is -2.13. The van der Waals surface area contributed by atoms with Crippen molar-refractivity contribution in [3.8, 4) is 11.8 Å². The summed E-state index contributed by atoms with van der Waals surface area (Å²) in [6.07, 6.45) is 3.22. The number of carbonyl (C=O) groups is 1. The van der Waals surface area contributed by atoms with Crippen LogP contribution in [0.3, 0.4) is 0 Å². The van der Waals surface area contributed by atoms with Crippen LogP contribution < -0.4 is 10.1 Å². The molecule has 0 unspecified atom stereocenters. The number of anilines is 1. The molecule has 0 saturated carbocycles. The number of ether oxygens (including phenoxy) is 1. The standard InChI is InChI=1S/C19H14BrIN2O2/c1-2-8-25-18-7-6-13(10-17(18)21)9-14(12-22)19(24)23-16-5-3-4-15(20)11-16/h2-7,9-11H,1,8H2,(H,23,24)/b14-9-. The van der Waals surface area contributed by atoms with Crippen LogP contribution in [-0.2, 0) is 4.79 Å². The van der Waals surface area contributed by atoms with Gasteiger partial charge in [-0.25, -0.2) is 0 Å². The molecule has 6 heteroatoms. The number of amides is 1.